The molecule has 28 heavy (non-hydrogen) atoms. The lowest BCUT2D eigenvalue weighted by atomic mass is 10.2. The van der Waals surface area contributed by atoms with E-state index < -0.39 is 25.6 Å². The average Bonchev–Trinajstić information content (AvgIpc) is 2.54. The van der Waals surface area contributed by atoms with Gasteiger partial charge in [-0.05, 0) is 51.1 Å². The van der Waals surface area contributed by atoms with E-state index in [0.29, 0.717) is 11.5 Å². The third-order valence-corrected chi connectivity index (χ3v) is 4.10. The lowest BCUT2D eigenvalue weighted by Crippen LogP contribution is -2.27. The molecule has 0 spiro atoms. The zero-order valence-electron chi connectivity index (χ0n) is 17.1. The van der Waals surface area contributed by atoms with E-state index in [4.69, 9.17) is 9.47 Å². The lowest BCUT2D eigenvalue weighted by molar-refractivity contribution is 0.0635. The van der Waals surface area contributed by atoms with Crippen molar-refractivity contribution in [2.45, 2.75) is 46.0 Å². The van der Waals surface area contributed by atoms with E-state index in [1.54, 1.807) is 32.9 Å². The second-order valence-corrected chi connectivity index (χ2v) is 13.1. The summed E-state index contributed by atoms with van der Waals surface area (Å²) in [5.41, 5.74) is 3.52. The molecule has 0 radical (unpaired) electrons. The van der Waals surface area contributed by atoms with Gasteiger partial charge in [-0.25, -0.2) is 9.18 Å². The van der Waals surface area contributed by atoms with Crippen LogP contribution in [0.1, 0.15) is 26.3 Å². The van der Waals surface area contributed by atoms with Crippen molar-refractivity contribution in [1.29, 1.82) is 0 Å². The number of carbonyl (C=O) groups excluding carboxylic acids is 1. The van der Waals surface area contributed by atoms with Gasteiger partial charge in [0.2, 0.25) is 0 Å². The fourth-order valence-electron chi connectivity index (χ4n) is 2.11. The van der Waals surface area contributed by atoms with Crippen LogP contribution in [-0.4, -0.2) is 19.8 Å². The van der Waals surface area contributed by atoms with Crippen LogP contribution >= 0.6 is 0 Å². The van der Waals surface area contributed by atoms with Crippen LogP contribution in [0.15, 0.2) is 42.5 Å². The minimum Gasteiger partial charge on any atom is -0.457 e. The first-order chi connectivity index (χ1) is 12.9. The van der Waals surface area contributed by atoms with Gasteiger partial charge in [0.1, 0.15) is 25.2 Å². The monoisotopic (exact) mass is 399 g/mol. The van der Waals surface area contributed by atoms with Crippen molar-refractivity contribution in [3.05, 3.63) is 53.8 Å². The van der Waals surface area contributed by atoms with Gasteiger partial charge >= 0.3 is 6.09 Å². The number of hydrogen-bond donors (Lipinski definition) is 1. The summed E-state index contributed by atoms with van der Waals surface area (Å²) in [6.45, 7) is 11.7. The number of halogens is 1. The molecule has 6 heteroatoms. The molecule has 4 nitrogen and oxygen atoms in total. The van der Waals surface area contributed by atoms with Gasteiger partial charge in [-0.1, -0.05) is 31.6 Å². The Balaban J connectivity index is 2.10. The van der Waals surface area contributed by atoms with Crippen molar-refractivity contribution in [3.63, 3.8) is 0 Å². The zero-order valence-corrected chi connectivity index (χ0v) is 18.1. The maximum absolute atomic E-state index is 14.3. The maximum Gasteiger partial charge on any atom is 0.412 e. The molecule has 0 bridgehead atoms. The maximum atomic E-state index is 14.3. The Morgan fingerprint density at radius 3 is 2.36 bits per heavy atom. The Hall–Kier alpha value is -2.78. The van der Waals surface area contributed by atoms with Gasteiger partial charge in [0.05, 0.1) is 5.69 Å². The standard InChI is InChI=1S/C22H26FNO3Si/c1-22(2,3)27-21(25)24-20-11-10-18(15-19(20)23)26-17-9-7-8-16(14-17)12-13-28(4,5)6/h7-11,14-15H,1-6H3,(H,24,25). The Kier molecular flexibility index (Phi) is 6.52. The van der Waals surface area contributed by atoms with Gasteiger partial charge in [-0.2, -0.15) is 0 Å². The highest BCUT2D eigenvalue weighted by Crippen LogP contribution is 2.26. The van der Waals surface area contributed by atoms with Gasteiger partial charge in [0, 0.05) is 11.6 Å². The van der Waals surface area contributed by atoms with Crippen molar-refractivity contribution >= 4 is 19.9 Å². The molecule has 0 aliphatic carbocycles. The molecule has 1 amide bonds. The van der Waals surface area contributed by atoms with Crippen LogP contribution in [0.3, 0.4) is 0 Å². The summed E-state index contributed by atoms with van der Waals surface area (Å²) in [5.74, 6) is 3.44. The molecule has 2 aromatic rings. The molecule has 2 aromatic carbocycles. The highest BCUT2D eigenvalue weighted by Gasteiger charge is 2.17. The first-order valence-corrected chi connectivity index (χ1v) is 12.5. The summed E-state index contributed by atoms with van der Waals surface area (Å²) in [4.78, 5) is 11.8. The van der Waals surface area contributed by atoms with Crippen molar-refractivity contribution in [3.8, 4) is 23.0 Å². The molecule has 1 N–H and O–H groups in total. The average molecular weight is 400 g/mol. The molecular weight excluding hydrogens is 373 g/mol. The third-order valence-electron chi connectivity index (χ3n) is 3.23. The predicted molar refractivity (Wildman–Crippen MR) is 113 cm³/mol. The van der Waals surface area contributed by atoms with E-state index in [9.17, 15) is 9.18 Å². The topological polar surface area (TPSA) is 47.6 Å². The fraction of sp³-hybridized carbons (Fsp3) is 0.318. The molecule has 0 unspecified atom stereocenters. The van der Waals surface area contributed by atoms with E-state index in [1.165, 1.54) is 12.1 Å². The summed E-state index contributed by atoms with van der Waals surface area (Å²) < 4.78 is 25.2. The van der Waals surface area contributed by atoms with Crippen molar-refractivity contribution in [2.24, 2.45) is 0 Å². The second kappa shape index (κ2) is 8.49. The summed E-state index contributed by atoms with van der Waals surface area (Å²) in [5, 5.41) is 2.39. The number of benzene rings is 2. The Morgan fingerprint density at radius 2 is 1.75 bits per heavy atom. The van der Waals surface area contributed by atoms with Crippen LogP contribution in [-0.2, 0) is 4.74 Å². The molecule has 148 valence electrons. The zero-order chi connectivity index (χ0) is 20.9. The number of hydrogen-bond acceptors (Lipinski definition) is 3. The minimum atomic E-state index is -1.47. The first kappa shape index (κ1) is 21.5. The molecular formula is C22H26FNO3Si. The van der Waals surface area contributed by atoms with Crippen LogP contribution in [0.5, 0.6) is 11.5 Å². The lowest BCUT2D eigenvalue weighted by Gasteiger charge is -2.19. The van der Waals surface area contributed by atoms with Crippen LogP contribution in [0, 0.1) is 17.3 Å². The molecule has 0 saturated heterocycles. The van der Waals surface area contributed by atoms with Crippen molar-refractivity contribution in [1.82, 2.24) is 0 Å². The molecule has 0 aliphatic rings. The quantitative estimate of drug-likeness (QED) is 0.494. The van der Waals surface area contributed by atoms with Gasteiger partial charge in [-0.3, -0.25) is 5.32 Å². The number of amides is 1. The Bertz CT molecular complexity index is 918. The molecule has 0 saturated carbocycles. The van der Waals surface area contributed by atoms with Crippen LogP contribution in [0.2, 0.25) is 19.6 Å². The van der Waals surface area contributed by atoms with E-state index in [-0.39, 0.29) is 5.69 Å². The van der Waals surface area contributed by atoms with Crippen LogP contribution in [0.4, 0.5) is 14.9 Å². The fourth-order valence-corrected chi connectivity index (χ4v) is 2.63. The van der Waals surface area contributed by atoms with Crippen molar-refractivity contribution < 1.29 is 18.7 Å². The predicted octanol–water partition coefficient (Wildman–Crippen LogP) is 6.19. The minimum absolute atomic E-state index is 0.0244. The number of rotatable bonds is 3. The normalized spacial score (nSPS) is 11.2. The summed E-state index contributed by atoms with van der Waals surface area (Å²) in [6, 6.07) is 11.6. The molecule has 0 aliphatic heterocycles. The van der Waals surface area contributed by atoms with Crippen molar-refractivity contribution in [2.75, 3.05) is 5.32 Å². The van der Waals surface area contributed by atoms with Crippen LogP contribution < -0.4 is 10.1 Å². The molecule has 2 rings (SSSR count). The molecule has 0 fully saturated rings. The van der Waals surface area contributed by atoms with Crippen LogP contribution in [0.25, 0.3) is 0 Å². The number of anilines is 1. The smallest absolute Gasteiger partial charge is 0.412 e. The molecule has 0 heterocycles. The van der Waals surface area contributed by atoms with E-state index in [1.807, 2.05) is 18.2 Å². The van der Waals surface area contributed by atoms with E-state index >= 15 is 0 Å². The second-order valence-electron chi connectivity index (χ2n) is 8.40. The summed E-state index contributed by atoms with van der Waals surface area (Å²) in [7, 11) is -1.47. The third kappa shape index (κ3) is 7.45. The molecule has 0 aromatic heterocycles. The first-order valence-electron chi connectivity index (χ1n) is 9.02. The summed E-state index contributed by atoms with van der Waals surface area (Å²) >= 11 is 0. The number of ether oxygens (including phenoxy) is 2. The SMILES string of the molecule is CC(C)(C)OC(=O)Nc1ccc(Oc2cccc(C#C[Si](C)(C)C)c2)cc1F. The highest BCUT2D eigenvalue weighted by atomic mass is 28.3. The number of nitrogens with one attached hydrogen (secondary N) is 1. The van der Waals surface area contributed by atoms with E-state index in [2.05, 4.69) is 36.4 Å². The van der Waals surface area contributed by atoms with Gasteiger partial charge in [-0.15, -0.1) is 5.54 Å². The summed E-state index contributed by atoms with van der Waals surface area (Å²) in [6.07, 6.45) is -0.714. The van der Waals surface area contributed by atoms with E-state index in [0.717, 1.165) is 5.56 Å². The number of carbonyl (C=O) groups is 1. The highest BCUT2D eigenvalue weighted by molar-refractivity contribution is 6.83. The Morgan fingerprint density at radius 1 is 1.07 bits per heavy atom. The largest absolute Gasteiger partial charge is 0.457 e. The molecule has 0 atom stereocenters. The van der Waals surface area contributed by atoms with Gasteiger partial charge in [0.25, 0.3) is 0 Å². The van der Waals surface area contributed by atoms with Gasteiger partial charge < -0.3 is 9.47 Å². The van der Waals surface area contributed by atoms with Gasteiger partial charge in [0.15, 0.2) is 5.82 Å². The Labute approximate surface area is 167 Å².